The molecule has 0 aliphatic heterocycles. The van der Waals surface area contributed by atoms with E-state index in [1.165, 1.54) is 0 Å². The minimum atomic E-state index is -0.893. The van der Waals surface area contributed by atoms with Crippen molar-refractivity contribution in [3.8, 4) is 0 Å². The number of carbonyl (C=O) groups excluding carboxylic acids is 3. The number of aliphatic carboxylic acids is 3. The predicted octanol–water partition coefficient (Wildman–Crippen LogP) is 2.86. The smallest absolute Gasteiger partial charge is 0.550 e. The normalized spacial score (nSPS) is 12.6. The third kappa shape index (κ3) is 25.2. The van der Waals surface area contributed by atoms with Crippen LogP contribution < -0.4 is 15.3 Å². The number of hydrogen-bond donors (Lipinski definition) is 0. The number of unbranched alkanes of at least 4 members (excludes halogenated alkanes) is 3. The van der Waals surface area contributed by atoms with Crippen LogP contribution in [0.15, 0.2) is 0 Å². The van der Waals surface area contributed by atoms with Crippen molar-refractivity contribution < 1.29 is 50.8 Å². The van der Waals surface area contributed by atoms with Crippen LogP contribution in [-0.4, -0.2) is 17.9 Å². The van der Waals surface area contributed by atoms with E-state index in [9.17, 15) is 29.7 Å². The molecule has 1 radical (unpaired) electrons. The molecule has 0 amide bonds. The molecule has 0 rings (SSSR count). The second-order valence-corrected chi connectivity index (χ2v) is 7.70. The third-order valence-corrected chi connectivity index (χ3v) is 5.20. The standard InChI is InChI=1S/3C8H16O2.Mo/c3*1-3-5-6-7(4-2)8(9)10;/h3*7H,3-6H2,1-2H3,(H,9,10);/q;;;+3/p-3. The van der Waals surface area contributed by atoms with Gasteiger partial charge < -0.3 is 29.7 Å². The van der Waals surface area contributed by atoms with Gasteiger partial charge in [-0.05, 0) is 56.3 Å². The van der Waals surface area contributed by atoms with Crippen LogP contribution in [-0.2, 0) is 35.4 Å². The van der Waals surface area contributed by atoms with Crippen LogP contribution >= 0.6 is 0 Å². The van der Waals surface area contributed by atoms with Gasteiger partial charge in [0, 0.05) is 17.9 Å². The molecule has 31 heavy (non-hydrogen) atoms. The Morgan fingerprint density at radius 3 is 0.806 bits per heavy atom. The fourth-order valence-corrected chi connectivity index (χ4v) is 2.82. The molecule has 6 nitrogen and oxygen atoms in total. The van der Waals surface area contributed by atoms with Gasteiger partial charge in [0.15, 0.2) is 0 Å². The van der Waals surface area contributed by atoms with E-state index < -0.39 is 17.9 Å². The molecule has 0 spiro atoms. The van der Waals surface area contributed by atoms with Gasteiger partial charge in [-0.15, -0.1) is 0 Å². The van der Waals surface area contributed by atoms with Crippen molar-refractivity contribution in [2.75, 3.05) is 0 Å². The van der Waals surface area contributed by atoms with Crippen molar-refractivity contribution in [3.63, 3.8) is 0 Å². The van der Waals surface area contributed by atoms with E-state index in [-0.39, 0.29) is 38.8 Å². The SMILES string of the molecule is CCCCC(CC)C(=O)[O-].CCCCC(CC)C(=O)[O-].CCCCC(CC)C(=O)[O-].[Mo+3]. The summed E-state index contributed by atoms with van der Waals surface area (Å²) in [5.41, 5.74) is 0. The van der Waals surface area contributed by atoms with E-state index in [0.29, 0.717) is 19.3 Å². The molecule has 0 aromatic heterocycles. The number of rotatable bonds is 15. The summed E-state index contributed by atoms with van der Waals surface area (Å²) in [6.45, 7) is 11.8. The summed E-state index contributed by atoms with van der Waals surface area (Å²) in [6, 6.07) is 0. The third-order valence-electron chi connectivity index (χ3n) is 5.20. The summed E-state index contributed by atoms with van der Waals surface area (Å²) >= 11 is 0. The fraction of sp³-hybridized carbons (Fsp3) is 0.875. The molecular formula is C24H45MoO6. The van der Waals surface area contributed by atoms with Gasteiger partial charge in [0.05, 0.1) is 0 Å². The minimum Gasteiger partial charge on any atom is -0.550 e. The summed E-state index contributed by atoms with van der Waals surface area (Å²) in [7, 11) is 0. The average molecular weight is 526 g/mol. The minimum absolute atomic E-state index is 0. The molecule has 3 atom stereocenters. The number of carboxylic acid groups (broad SMARTS) is 3. The van der Waals surface area contributed by atoms with Crippen molar-refractivity contribution in [2.24, 2.45) is 17.8 Å². The Morgan fingerprint density at radius 1 is 0.516 bits per heavy atom. The first-order valence-electron chi connectivity index (χ1n) is 11.8. The van der Waals surface area contributed by atoms with Crippen molar-refractivity contribution in [3.05, 3.63) is 0 Å². The van der Waals surface area contributed by atoms with E-state index in [1.807, 2.05) is 20.8 Å². The molecule has 3 unspecified atom stereocenters. The Balaban J connectivity index is -0.000000174. The van der Waals surface area contributed by atoms with Crippen LogP contribution in [0.25, 0.3) is 0 Å². The molecule has 0 saturated carbocycles. The summed E-state index contributed by atoms with van der Waals surface area (Å²) in [4.78, 5) is 31.0. The zero-order chi connectivity index (χ0) is 23.9. The van der Waals surface area contributed by atoms with E-state index in [2.05, 4.69) is 20.8 Å². The Morgan fingerprint density at radius 2 is 0.710 bits per heavy atom. The van der Waals surface area contributed by atoms with Crippen molar-refractivity contribution in [2.45, 2.75) is 119 Å². The van der Waals surface area contributed by atoms with Gasteiger partial charge in [0.1, 0.15) is 0 Å². The van der Waals surface area contributed by atoms with Gasteiger partial charge in [-0.2, -0.15) is 0 Å². The van der Waals surface area contributed by atoms with Crippen LogP contribution in [0.4, 0.5) is 0 Å². The first-order valence-corrected chi connectivity index (χ1v) is 11.8. The van der Waals surface area contributed by atoms with E-state index in [0.717, 1.165) is 57.8 Å². The van der Waals surface area contributed by atoms with Crippen molar-refractivity contribution in [1.29, 1.82) is 0 Å². The maximum Gasteiger partial charge on any atom is 3.00 e. The molecule has 7 heteroatoms. The molecule has 0 aromatic carbocycles. The van der Waals surface area contributed by atoms with Crippen molar-refractivity contribution >= 4 is 17.9 Å². The molecule has 0 saturated heterocycles. The summed E-state index contributed by atoms with van der Waals surface area (Å²) < 4.78 is 0. The maximum absolute atomic E-state index is 10.3. The monoisotopic (exact) mass is 527 g/mol. The quantitative estimate of drug-likeness (QED) is 0.303. The second kappa shape index (κ2) is 27.1. The molecule has 183 valence electrons. The number of carboxylic acids is 3. The summed E-state index contributed by atoms with van der Waals surface area (Å²) in [6.07, 6.45) is 10.6. The Bertz CT molecular complexity index is 366. The van der Waals surface area contributed by atoms with Gasteiger partial charge in [0.25, 0.3) is 0 Å². The van der Waals surface area contributed by atoms with Crippen LogP contribution in [0.5, 0.6) is 0 Å². The van der Waals surface area contributed by atoms with E-state index in [1.54, 1.807) is 0 Å². The number of carbonyl (C=O) groups is 3. The van der Waals surface area contributed by atoms with Crippen LogP contribution in [0.3, 0.4) is 0 Å². The molecule has 0 aliphatic carbocycles. The number of hydrogen-bond acceptors (Lipinski definition) is 6. The van der Waals surface area contributed by atoms with Gasteiger partial charge in [-0.3, -0.25) is 0 Å². The van der Waals surface area contributed by atoms with Crippen LogP contribution in [0, 0.1) is 17.8 Å². The zero-order valence-corrected chi connectivity index (χ0v) is 22.6. The van der Waals surface area contributed by atoms with Crippen LogP contribution in [0.1, 0.15) is 119 Å². The zero-order valence-electron chi connectivity index (χ0n) is 20.6. The Hall–Kier alpha value is -0.902. The predicted molar refractivity (Wildman–Crippen MR) is 115 cm³/mol. The van der Waals surface area contributed by atoms with Crippen molar-refractivity contribution in [1.82, 2.24) is 0 Å². The maximum atomic E-state index is 10.3. The van der Waals surface area contributed by atoms with Gasteiger partial charge in [0.2, 0.25) is 0 Å². The fourth-order valence-electron chi connectivity index (χ4n) is 2.82. The summed E-state index contributed by atoms with van der Waals surface area (Å²) in [5.74, 6) is -3.34. The van der Waals surface area contributed by atoms with Gasteiger partial charge in [-0.1, -0.05) is 80.1 Å². The van der Waals surface area contributed by atoms with E-state index in [4.69, 9.17) is 0 Å². The van der Waals surface area contributed by atoms with Gasteiger partial charge >= 0.3 is 21.1 Å². The first kappa shape index (κ1) is 37.4. The Kier molecular flexibility index (Phi) is 32.7. The molecular weight excluding hydrogens is 480 g/mol. The summed E-state index contributed by atoms with van der Waals surface area (Å²) in [5, 5.41) is 31.0. The average Bonchev–Trinajstić information content (AvgIpc) is 2.70. The topological polar surface area (TPSA) is 120 Å². The molecule has 0 heterocycles. The molecule has 0 N–H and O–H groups in total. The Labute approximate surface area is 204 Å². The van der Waals surface area contributed by atoms with E-state index >= 15 is 0 Å². The molecule has 0 aromatic rings. The van der Waals surface area contributed by atoms with Gasteiger partial charge in [-0.25, -0.2) is 0 Å². The first-order chi connectivity index (χ1) is 14.2. The molecule has 0 aliphatic rings. The molecule has 0 bridgehead atoms. The van der Waals surface area contributed by atoms with Crippen LogP contribution in [0.2, 0.25) is 0 Å². The largest absolute Gasteiger partial charge is 3.00 e. The second-order valence-electron chi connectivity index (χ2n) is 7.70. The molecule has 0 fully saturated rings.